The summed E-state index contributed by atoms with van der Waals surface area (Å²) in [6.07, 6.45) is 0. The molecular weight excluding hydrogens is 292 g/mol. The Morgan fingerprint density at radius 2 is 1.68 bits per heavy atom. The zero-order chi connectivity index (χ0) is 16.1. The number of benzene rings is 2. The van der Waals surface area contributed by atoms with Gasteiger partial charge in [-0.3, -0.25) is 0 Å². The molecule has 2 aromatic carbocycles. The van der Waals surface area contributed by atoms with Crippen molar-refractivity contribution in [3.05, 3.63) is 59.2 Å². The molecule has 0 atom stereocenters. The average molecular weight is 314 g/mol. The van der Waals surface area contributed by atoms with Crippen molar-refractivity contribution in [2.75, 3.05) is 19.5 Å². The molecule has 2 aromatic rings. The number of hydrogen-bond donors (Lipinski definition) is 1. The number of nitrogens with one attached hydrogen (secondary N) is 1. The van der Waals surface area contributed by atoms with Crippen molar-refractivity contribution in [1.82, 2.24) is 4.90 Å². The van der Waals surface area contributed by atoms with Gasteiger partial charge in [0, 0.05) is 19.3 Å². The molecule has 0 saturated carbocycles. The topological polar surface area (TPSA) is 24.5 Å². The molecule has 0 aromatic heterocycles. The van der Waals surface area contributed by atoms with Gasteiger partial charge in [-0.2, -0.15) is 0 Å². The standard InChI is InChI=1S/C18H22N2OS/c1-13-6-5-7-14(2)17(13)19-18(22)20(3)12-15-8-10-16(21-4)11-9-15/h5-11H,12H2,1-4H3,(H,19,22). The highest BCUT2D eigenvalue weighted by Gasteiger charge is 2.09. The molecule has 0 saturated heterocycles. The van der Waals surface area contributed by atoms with E-state index in [2.05, 4.69) is 49.5 Å². The molecule has 0 unspecified atom stereocenters. The maximum absolute atomic E-state index is 5.52. The fraction of sp³-hybridized carbons (Fsp3) is 0.278. The van der Waals surface area contributed by atoms with E-state index in [1.54, 1.807) is 7.11 Å². The summed E-state index contributed by atoms with van der Waals surface area (Å²) in [5, 5.41) is 4.07. The third-order valence-corrected chi connectivity index (χ3v) is 4.05. The summed E-state index contributed by atoms with van der Waals surface area (Å²) >= 11 is 5.52. The molecule has 0 bridgehead atoms. The summed E-state index contributed by atoms with van der Waals surface area (Å²) in [6.45, 7) is 4.92. The molecule has 0 spiro atoms. The average Bonchev–Trinajstić information content (AvgIpc) is 2.51. The van der Waals surface area contributed by atoms with Crippen LogP contribution in [0, 0.1) is 13.8 Å². The van der Waals surface area contributed by atoms with Gasteiger partial charge in [-0.05, 0) is 54.9 Å². The van der Waals surface area contributed by atoms with Crippen molar-refractivity contribution in [1.29, 1.82) is 0 Å². The molecule has 4 heteroatoms. The molecule has 22 heavy (non-hydrogen) atoms. The molecule has 0 radical (unpaired) electrons. The van der Waals surface area contributed by atoms with Crippen molar-refractivity contribution < 1.29 is 4.74 Å². The van der Waals surface area contributed by atoms with E-state index in [-0.39, 0.29) is 0 Å². The van der Waals surface area contributed by atoms with Crippen LogP contribution >= 0.6 is 12.2 Å². The fourth-order valence-corrected chi connectivity index (χ4v) is 2.46. The lowest BCUT2D eigenvalue weighted by Gasteiger charge is -2.23. The van der Waals surface area contributed by atoms with Gasteiger partial charge in [-0.15, -0.1) is 0 Å². The maximum atomic E-state index is 5.52. The minimum Gasteiger partial charge on any atom is -0.497 e. The van der Waals surface area contributed by atoms with E-state index in [0.717, 1.165) is 18.0 Å². The van der Waals surface area contributed by atoms with Crippen LogP contribution in [0.3, 0.4) is 0 Å². The number of methoxy groups -OCH3 is 1. The van der Waals surface area contributed by atoms with Crippen LogP contribution in [0.5, 0.6) is 5.75 Å². The molecule has 0 aliphatic rings. The minimum atomic E-state index is 0.716. The van der Waals surface area contributed by atoms with Gasteiger partial charge in [0.15, 0.2) is 5.11 Å². The van der Waals surface area contributed by atoms with E-state index in [1.807, 2.05) is 24.1 Å². The van der Waals surface area contributed by atoms with Crippen LogP contribution in [0.4, 0.5) is 5.69 Å². The Hall–Kier alpha value is -2.07. The molecule has 2 rings (SSSR count). The number of aryl methyl sites for hydroxylation is 2. The molecular formula is C18H22N2OS. The zero-order valence-corrected chi connectivity index (χ0v) is 14.3. The predicted octanol–water partition coefficient (Wildman–Crippen LogP) is 4.14. The van der Waals surface area contributed by atoms with Gasteiger partial charge < -0.3 is 15.0 Å². The molecule has 0 aliphatic heterocycles. The monoisotopic (exact) mass is 314 g/mol. The summed E-state index contributed by atoms with van der Waals surface area (Å²) < 4.78 is 5.18. The van der Waals surface area contributed by atoms with E-state index in [1.165, 1.54) is 16.7 Å². The first kappa shape index (κ1) is 16.3. The Morgan fingerprint density at radius 3 is 2.23 bits per heavy atom. The first-order chi connectivity index (χ1) is 10.5. The molecule has 0 amide bonds. The number of thiocarbonyl (C=S) groups is 1. The van der Waals surface area contributed by atoms with E-state index in [4.69, 9.17) is 17.0 Å². The quantitative estimate of drug-likeness (QED) is 0.857. The molecule has 3 nitrogen and oxygen atoms in total. The third kappa shape index (κ3) is 3.98. The summed E-state index contributed by atoms with van der Waals surface area (Å²) in [4.78, 5) is 2.03. The summed E-state index contributed by atoms with van der Waals surface area (Å²) in [5.41, 5.74) is 4.67. The van der Waals surface area contributed by atoms with Crippen molar-refractivity contribution >= 4 is 23.0 Å². The second-order valence-electron chi connectivity index (χ2n) is 5.40. The fourth-order valence-electron chi connectivity index (χ4n) is 2.29. The second kappa shape index (κ2) is 7.27. The predicted molar refractivity (Wildman–Crippen MR) is 96.6 cm³/mol. The lowest BCUT2D eigenvalue weighted by molar-refractivity contribution is 0.414. The van der Waals surface area contributed by atoms with E-state index in [0.29, 0.717) is 5.11 Å². The van der Waals surface area contributed by atoms with E-state index in [9.17, 15) is 0 Å². The third-order valence-electron chi connectivity index (χ3n) is 3.64. The van der Waals surface area contributed by atoms with Gasteiger partial charge >= 0.3 is 0 Å². The number of anilines is 1. The largest absolute Gasteiger partial charge is 0.497 e. The Morgan fingerprint density at radius 1 is 1.09 bits per heavy atom. The zero-order valence-electron chi connectivity index (χ0n) is 13.5. The highest BCUT2D eigenvalue weighted by molar-refractivity contribution is 7.80. The van der Waals surface area contributed by atoms with Crippen molar-refractivity contribution in [2.45, 2.75) is 20.4 Å². The number of para-hydroxylation sites is 1. The Kier molecular flexibility index (Phi) is 5.39. The first-order valence-electron chi connectivity index (χ1n) is 7.22. The Bertz CT molecular complexity index is 632. The lowest BCUT2D eigenvalue weighted by Crippen LogP contribution is -2.31. The van der Waals surface area contributed by atoms with Gasteiger partial charge in [-0.1, -0.05) is 30.3 Å². The molecule has 116 valence electrons. The van der Waals surface area contributed by atoms with Crippen LogP contribution < -0.4 is 10.1 Å². The maximum Gasteiger partial charge on any atom is 0.173 e. The highest BCUT2D eigenvalue weighted by Crippen LogP contribution is 2.20. The van der Waals surface area contributed by atoms with E-state index < -0.39 is 0 Å². The molecule has 0 heterocycles. The SMILES string of the molecule is COc1ccc(CN(C)C(=S)Nc2c(C)cccc2C)cc1. The molecule has 0 aliphatic carbocycles. The Labute approximate surface area is 137 Å². The van der Waals surface area contributed by atoms with Gasteiger partial charge in [0.05, 0.1) is 7.11 Å². The van der Waals surface area contributed by atoms with Crippen LogP contribution in [0.25, 0.3) is 0 Å². The first-order valence-corrected chi connectivity index (χ1v) is 7.63. The van der Waals surface area contributed by atoms with Gasteiger partial charge in [-0.25, -0.2) is 0 Å². The number of rotatable bonds is 4. The summed E-state index contributed by atoms with van der Waals surface area (Å²) in [7, 11) is 3.66. The van der Waals surface area contributed by atoms with Crippen molar-refractivity contribution in [3.8, 4) is 5.75 Å². The normalized spacial score (nSPS) is 10.2. The van der Waals surface area contributed by atoms with Crippen molar-refractivity contribution in [3.63, 3.8) is 0 Å². The molecule has 1 N–H and O–H groups in total. The van der Waals surface area contributed by atoms with Crippen LogP contribution in [0.1, 0.15) is 16.7 Å². The smallest absolute Gasteiger partial charge is 0.173 e. The van der Waals surface area contributed by atoms with E-state index >= 15 is 0 Å². The van der Waals surface area contributed by atoms with Gasteiger partial charge in [0.25, 0.3) is 0 Å². The van der Waals surface area contributed by atoms with Crippen LogP contribution in [0.15, 0.2) is 42.5 Å². The summed E-state index contributed by atoms with van der Waals surface area (Å²) in [5.74, 6) is 0.864. The number of nitrogens with zero attached hydrogens (tertiary/aromatic N) is 1. The van der Waals surface area contributed by atoms with Gasteiger partial charge in [0.1, 0.15) is 5.75 Å². The lowest BCUT2D eigenvalue weighted by atomic mass is 10.1. The number of hydrogen-bond acceptors (Lipinski definition) is 2. The minimum absolute atomic E-state index is 0.716. The second-order valence-corrected chi connectivity index (χ2v) is 5.79. The number of ether oxygens (including phenoxy) is 1. The molecule has 0 fully saturated rings. The van der Waals surface area contributed by atoms with Crippen LogP contribution in [0.2, 0.25) is 0 Å². The Balaban J connectivity index is 2.02. The van der Waals surface area contributed by atoms with Crippen LogP contribution in [-0.2, 0) is 6.54 Å². The van der Waals surface area contributed by atoms with Crippen LogP contribution in [-0.4, -0.2) is 24.2 Å². The van der Waals surface area contributed by atoms with Gasteiger partial charge in [0.2, 0.25) is 0 Å². The van der Waals surface area contributed by atoms with Crippen molar-refractivity contribution in [2.24, 2.45) is 0 Å². The summed E-state index contributed by atoms with van der Waals surface area (Å²) in [6, 6.07) is 14.3. The highest BCUT2D eigenvalue weighted by atomic mass is 32.1.